The number of benzene rings is 1. The molecule has 4 nitrogen and oxygen atoms in total. The van der Waals surface area contributed by atoms with Crippen LogP contribution in [0.2, 0.25) is 0 Å². The summed E-state index contributed by atoms with van der Waals surface area (Å²) in [6, 6.07) is 11.7. The van der Waals surface area contributed by atoms with E-state index in [9.17, 15) is 5.26 Å². The average molecular weight is 300 g/mol. The Kier molecular flexibility index (Phi) is 3.68. The van der Waals surface area contributed by atoms with Gasteiger partial charge >= 0.3 is 0 Å². The molecule has 0 N–H and O–H groups in total. The summed E-state index contributed by atoms with van der Waals surface area (Å²) >= 11 is 5.87. The fourth-order valence-electron chi connectivity index (χ4n) is 2.46. The maximum Gasteiger partial charge on any atom is 0.123 e. The van der Waals surface area contributed by atoms with Crippen LogP contribution in [0.4, 0.5) is 0 Å². The van der Waals surface area contributed by atoms with Crippen molar-refractivity contribution in [1.82, 2.24) is 9.55 Å². The highest BCUT2D eigenvalue weighted by molar-refractivity contribution is 6.17. The number of halogens is 1. The number of nitriles is 1. The van der Waals surface area contributed by atoms with Crippen molar-refractivity contribution < 1.29 is 4.42 Å². The third-order valence-corrected chi connectivity index (χ3v) is 3.60. The van der Waals surface area contributed by atoms with Gasteiger partial charge in [-0.05, 0) is 31.2 Å². The summed E-state index contributed by atoms with van der Waals surface area (Å²) in [6.07, 6.45) is 0.654. The highest BCUT2D eigenvalue weighted by Gasteiger charge is 2.14. The zero-order valence-electron chi connectivity index (χ0n) is 11.6. The second kappa shape index (κ2) is 5.63. The first-order chi connectivity index (χ1) is 10.2. The number of aryl methyl sites for hydroxylation is 2. The molecular weight excluding hydrogens is 286 g/mol. The first kappa shape index (κ1) is 13.7. The Labute approximate surface area is 127 Å². The maximum absolute atomic E-state index is 9.21. The molecular formula is C16H14ClN3O. The maximum atomic E-state index is 9.21. The van der Waals surface area contributed by atoms with Gasteiger partial charge in [0, 0.05) is 12.3 Å². The number of alkyl halides is 1. The molecule has 0 radical (unpaired) electrons. The lowest BCUT2D eigenvalue weighted by molar-refractivity contribution is 0.469. The number of nitrogens with zero attached hydrogens (tertiary/aromatic N) is 3. The first-order valence-corrected chi connectivity index (χ1v) is 7.26. The molecule has 0 bridgehead atoms. The third kappa shape index (κ3) is 2.53. The monoisotopic (exact) mass is 299 g/mol. The number of aromatic nitrogens is 2. The molecule has 2 aromatic heterocycles. The van der Waals surface area contributed by atoms with E-state index in [1.54, 1.807) is 6.07 Å². The van der Waals surface area contributed by atoms with Crippen molar-refractivity contribution in [3.05, 3.63) is 53.2 Å². The number of furan rings is 1. The van der Waals surface area contributed by atoms with Crippen LogP contribution in [0.25, 0.3) is 11.0 Å². The van der Waals surface area contributed by atoms with Crippen LogP contribution in [0.3, 0.4) is 0 Å². The topological polar surface area (TPSA) is 54.8 Å². The molecule has 0 spiro atoms. The van der Waals surface area contributed by atoms with E-state index in [0.717, 1.165) is 28.4 Å². The summed E-state index contributed by atoms with van der Waals surface area (Å²) in [6.45, 7) is 2.51. The Morgan fingerprint density at radius 1 is 1.33 bits per heavy atom. The molecule has 2 heterocycles. The molecule has 0 aliphatic rings. The zero-order valence-corrected chi connectivity index (χ0v) is 12.4. The van der Waals surface area contributed by atoms with E-state index < -0.39 is 0 Å². The van der Waals surface area contributed by atoms with Gasteiger partial charge in [-0.15, -0.1) is 11.6 Å². The van der Waals surface area contributed by atoms with E-state index in [2.05, 4.69) is 15.6 Å². The Hall–Kier alpha value is -2.25. The molecule has 0 aliphatic heterocycles. The molecule has 0 saturated carbocycles. The summed E-state index contributed by atoms with van der Waals surface area (Å²) < 4.78 is 7.72. The molecule has 3 rings (SSSR count). The number of para-hydroxylation sites is 1. The van der Waals surface area contributed by atoms with Crippen molar-refractivity contribution in [2.24, 2.45) is 0 Å². The van der Waals surface area contributed by atoms with Crippen molar-refractivity contribution in [1.29, 1.82) is 5.26 Å². The van der Waals surface area contributed by atoms with Crippen molar-refractivity contribution >= 4 is 22.6 Å². The van der Waals surface area contributed by atoms with E-state index in [0.29, 0.717) is 24.4 Å². The third-order valence-electron chi connectivity index (χ3n) is 3.41. The molecule has 5 heteroatoms. The fourth-order valence-corrected chi connectivity index (χ4v) is 2.63. The van der Waals surface area contributed by atoms with Crippen LogP contribution in [0.5, 0.6) is 0 Å². The van der Waals surface area contributed by atoms with Gasteiger partial charge in [0.2, 0.25) is 0 Å². The highest BCUT2D eigenvalue weighted by atomic mass is 35.5. The molecule has 3 aromatic rings. The molecule has 21 heavy (non-hydrogen) atoms. The van der Waals surface area contributed by atoms with E-state index in [4.69, 9.17) is 16.0 Å². The van der Waals surface area contributed by atoms with Gasteiger partial charge in [-0.2, -0.15) is 5.26 Å². The van der Waals surface area contributed by atoms with Gasteiger partial charge in [-0.3, -0.25) is 0 Å². The molecule has 0 aliphatic carbocycles. The second-order valence-electron chi connectivity index (χ2n) is 4.85. The zero-order chi connectivity index (χ0) is 14.8. The van der Waals surface area contributed by atoms with Gasteiger partial charge in [-0.25, -0.2) is 4.98 Å². The molecule has 0 saturated heterocycles. The molecule has 0 amide bonds. The number of fused-ring (bicyclic) bond motifs is 1. The number of hydrogen-bond acceptors (Lipinski definition) is 3. The number of rotatable bonds is 4. The highest BCUT2D eigenvalue weighted by Crippen LogP contribution is 2.22. The van der Waals surface area contributed by atoms with E-state index in [-0.39, 0.29) is 0 Å². The SMILES string of the molecule is Cc1ccc(Cn2c(CCCl)nc3c(C#N)cccc32)o1. The minimum atomic E-state index is 0.488. The number of hydrogen-bond donors (Lipinski definition) is 0. The minimum Gasteiger partial charge on any atom is -0.464 e. The predicted octanol–water partition coefficient (Wildman–Crippen LogP) is 3.64. The Balaban J connectivity index is 2.14. The average Bonchev–Trinajstić information content (AvgIpc) is 3.04. The van der Waals surface area contributed by atoms with Gasteiger partial charge in [0.25, 0.3) is 0 Å². The van der Waals surface area contributed by atoms with Gasteiger partial charge in [0.05, 0.1) is 17.6 Å². The number of imidazole rings is 1. The van der Waals surface area contributed by atoms with Gasteiger partial charge in [0.1, 0.15) is 28.9 Å². The lowest BCUT2D eigenvalue weighted by Crippen LogP contribution is -2.05. The lowest BCUT2D eigenvalue weighted by atomic mass is 10.2. The van der Waals surface area contributed by atoms with Gasteiger partial charge < -0.3 is 8.98 Å². The second-order valence-corrected chi connectivity index (χ2v) is 5.23. The lowest BCUT2D eigenvalue weighted by Gasteiger charge is -2.06. The normalized spacial score (nSPS) is 10.9. The van der Waals surface area contributed by atoms with Crippen molar-refractivity contribution in [3.8, 4) is 6.07 Å². The van der Waals surface area contributed by atoms with Crippen molar-refractivity contribution in [2.75, 3.05) is 5.88 Å². The van der Waals surface area contributed by atoms with Crippen LogP contribution >= 0.6 is 11.6 Å². The van der Waals surface area contributed by atoms with Crippen molar-refractivity contribution in [3.63, 3.8) is 0 Å². The largest absolute Gasteiger partial charge is 0.464 e. The van der Waals surface area contributed by atoms with E-state index >= 15 is 0 Å². The predicted molar refractivity (Wildman–Crippen MR) is 81.4 cm³/mol. The minimum absolute atomic E-state index is 0.488. The van der Waals surface area contributed by atoms with Crippen LogP contribution < -0.4 is 0 Å². The Bertz CT molecular complexity index is 826. The first-order valence-electron chi connectivity index (χ1n) is 6.72. The molecule has 0 unspecified atom stereocenters. The summed E-state index contributed by atoms with van der Waals surface area (Å²) in [5.74, 6) is 3.11. The smallest absolute Gasteiger partial charge is 0.123 e. The fraction of sp³-hybridized carbons (Fsp3) is 0.250. The summed E-state index contributed by atoms with van der Waals surface area (Å²) in [5, 5.41) is 9.21. The Morgan fingerprint density at radius 3 is 2.86 bits per heavy atom. The van der Waals surface area contributed by atoms with Crippen LogP contribution in [0.1, 0.15) is 22.9 Å². The standard InChI is InChI=1S/C16H14ClN3O/c1-11-5-6-13(21-11)10-20-14-4-2-3-12(9-18)16(14)19-15(20)7-8-17/h2-6H,7-8,10H2,1H3. The van der Waals surface area contributed by atoms with Crippen molar-refractivity contribution in [2.45, 2.75) is 19.9 Å². The van der Waals surface area contributed by atoms with Gasteiger partial charge in [-0.1, -0.05) is 6.07 Å². The summed E-state index contributed by atoms with van der Waals surface area (Å²) in [7, 11) is 0. The molecule has 0 fully saturated rings. The van der Waals surface area contributed by atoms with E-state index in [1.807, 2.05) is 31.2 Å². The molecule has 0 atom stereocenters. The summed E-state index contributed by atoms with van der Waals surface area (Å²) in [4.78, 5) is 4.59. The molecule has 106 valence electrons. The molecule has 1 aromatic carbocycles. The quantitative estimate of drug-likeness (QED) is 0.691. The van der Waals surface area contributed by atoms with Gasteiger partial charge in [0.15, 0.2) is 0 Å². The Morgan fingerprint density at radius 2 is 2.19 bits per heavy atom. The van der Waals surface area contributed by atoms with Crippen LogP contribution in [0.15, 0.2) is 34.7 Å². The van der Waals surface area contributed by atoms with E-state index in [1.165, 1.54) is 0 Å². The van der Waals surface area contributed by atoms with Crippen LogP contribution in [-0.2, 0) is 13.0 Å². The van der Waals surface area contributed by atoms with Crippen LogP contribution in [-0.4, -0.2) is 15.4 Å². The summed E-state index contributed by atoms with van der Waals surface area (Å²) in [5.41, 5.74) is 2.24. The van der Waals surface area contributed by atoms with Crippen LogP contribution in [0, 0.1) is 18.3 Å².